The normalized spacial score (nSPS) is 13.3. The van der Waals surface area contributed by atoms with E-state index in [2.05, 4.69) is 5.32 Å². The fourth-order valence-corrected chi connectivity index (χ4v) is 2.00. The molecule has 0 saturated carbocycles. The van der Waals surface area contributed by atoms with Crippen LogP contribution in [0.25, 0.3) is 0 Å². The smallest absolute Gasteiger partial charge is 0.372 e. The molecule has 1 N–H and O–H groups in total. The molecule has 0 aliphatic carbocycles. The lowest BCUT2D eigenvalue weighted by Crippen LogP contribution is -2.25. The first-order chi connectivity index (χ1) is 9.74. The number of halogens is 4. The molecule has 0 radical (unpaired) electrons. The Hall–Kier alpha value is -1.30. The summed E-state index contributed by atoms with van der Waals surface area (Å²) < 4.78 is 50.6. The van der Waals surface area contributed by atoms with E-state index in [1.807, 2.05) is 13.8 Å². The molecule has 0 amide bonds. The summed E-state index contributed by atoms with van der Waals surface area (Å²) in [6, 6.07) is 4.67. The Kier molecular flexibility index (Phi) is 6.45. The summed E-state index contributed by atoms with van der Waals surface area (Å²) >= 11 is 0. The number of anilines is 1. The van der Waals surface area contributed by atoms with Crippen molar-refractivity contribution in [3.63, 3.8) is 0 Å². The van der Waals surface area contributed by atoms with Gasteiger partial charge in [-0.05, 0) is 37.6 Å². The zero-order valence-corrected chi connectivity index (χ0v) is 12.6. The number of hydrogen-bond acceptors (Lipinski definition) is 2. The van der Waals surface area contributed by atoms with E-state index < -0.39 is 18.4 Å². The van der Waals surface area contributed by atoms with Gasteiger partial charge >= 0.3 is 6.18 Å². The summed E-state index contributed by atoms with van der Waals surface area (Å²) in [5.74, 6) is -0.498. The Bertz CT molecular complexity index is 446. The van der Waals surface area contributed by atoms with Crippen LogP contribution in [-0.4, -0.2) is 26.3 Å². The van der Waals surface area contributed by atoms with Crippen LogP contribution in [0, 0.1) is 5.82 Å². The third-order valence-corrected chi connectivity index (χ3v) is 3.31. The number of nitrogens with zero attached hydrogens (tertiary/aromatic N) is 1. The molecule has 6 heteroatoms. The largest absolute Gasteiger partial charge is 0.390 e. The van der Waals surface area contributed by atoms with E-state index in [4.69, 9.17) is 0 Å². The Morgan fingerprint density at radius 3 is 2.48 bits per heavy atom. The molecular weight excluding hydrogens is 284 g/mol. The second-order valence-electron chi connectivity index (χ2n) is 5.17. The van der Waals surface area contributed by atoms with Crippen LogP contribution in [0.3, 0.4) is 0 Å². The predicted molar refractivity (Wildman–Crippen MR) is 77.1 cm³/mol. The monoisotopic (exact) mass is 306 g/mol. The van der Waals surface area contributed by atoms with Gasteiger partial charge in [-0.3, -0.25) is 0 Å². The van der Waals surface area contributed by atoms with Gasteiger partial charge in [0.1, 0.15) is 5.82 Å². The number of benzene rings is 1. The molecule has 0 aliphatic rings. The lowest BCUT2D eigenvalue weighted by atomic mass is 10.1. The molecule has 1 aromatic rings. The summed E-state index contributed by atoms with van der Waals surface area (Å²) in [7, 11) is 1.46. The van der Waals surface area contributed by atoms with E-state index in [0.717, 1.165) is 18.5 Å². The van der Waals surface area contributed by atoms with E-state index in [0.29, 0.717) is 0 Å². The van der Waals surface area contributed by atoms with E-state index in [1.54, 1.807) is 6.07 Å². The third kappa shape index (κ3) is 5.91. The number of alkyl halides is 3. The first kappa shape index (κ1) is 17.8. The zero-order chi connectivity index (χ0) is 16.0. The molecule has 0 heterocycles. The Morgan fingerprint density at radius 2 is 1.95 bits per heavy atom. The van der Waals surface area contributed by atoms with Crippen molar-refractivity contribution >= 4 is 5.69 Å². The minimum atomic E-state index is -4.23. The molecule has 0 spiro atoms. The summed E-state index contributed by atoms with van der Waals surface area (Å²) in [5, 5.41) is 3.24. The molecule has 120 valence electrons. The fourth-order valence-electron chi connectivity index (χ4n) is 2.00. The van der Waals surface area contributed by atoms with Crippen molar-refractivity contribution in [2.45, 2.75) is 38.9 Å². The van der Waals surface area contributed by atoms with Gasteiger partial charge in [-0.1, -0.05) is 13.0 Å². The molecule has 1 aromatic carbocycles. The quantitative estimate of drug-likeness (QED) is 0.757. The first-order valence-corrected chi connectivity index (χ1v) is 7.05. The van der Waals surface area contributed by atoms with Gasteiger partial charge in [0.15, 0.2) is 0 Å². The van der Waals surface area contributed by atoms with Gasteiger partial charge in [-0.15, -0.1) is 0 Å². The van der Waals surface area contributed by atoms with Gasteiger partial charge in [-0.25, -0.2) is 4.39 Å². The van der Waals surface area contributed by atoms with E-state index in [-0.39, 0.29) is 18.3 Å². The topological polar surface area (TPSA) is 15.3 Å². The second-order valence-corrected chi connectivity index (χ2v) is 5.17. The van der Waals surface area contributed by atoms with Crippen LogP contribution in [-0.2, 0) is 0 Å². The van der Waals surface area contributed by atoms with Crippen molar-refractivity contribution in [1.82, 2.24) is 5.32 Å². The highest BCUT2D eigenvalue weighted by Gasteiger charge is 2.27. The second kappa shape index (κ2) is 7.64. The van der Waals surface area contributed by atoms with Crippen LogP contribution in [0.4, 0.5) is 23.2 Å². The molecule has 0 bridgehead atoms. The van der Waals surface area contributed by atoms with E-state index in [9.17, 15) is 17.6 Å². The molecule has 0 aliphatic heterocycles. The van der Waals surface area contributed by atoms with Crippen LogP contribution in [0.1, 0.15) is 38.3 Å². The highest BCUT2D eigenvalue weighted by atomic mass is 19.4. The number of hydrogen-bond donors (Lipinski definition) is 1. The highest BCUT2D eigenvalue weighted by Crippen LogP contribution is 2.25. The van der Waals surface area contributed by atoms with Crippen molar-refractivity contribution in [3.05, 3.63) is 29.6 Å². The molecule has 1 atom stereocenters. The van der Waals surface area contributed by atoms with Crippen LogP contribution in [0.15, 0.2) is 18.2 Å². The summed E-state index contributed by atoms with van der Waals surface area (Å²) in [4.78, 5) is 1.29. The number of nitrogens with one attached hydrogen (secondary N) is 1. The average molecular weight is 306 g/mol. The van der Waals surface area contributed by atoms with E-state index in [1.165, 1.54) is 24.1 Å². The lowest BCUT2D eigenvalue weighted by Gasteiger charge is -2.22. The summed E-state index contributed by atoms with van der Waals surface area (Å²) in [6.07, 6.45) is -4.21. The highest BCUT2D eigenvalue weighted by molar-refractivity contribution is 5.48. The van der Waals surface area contributed by atoms with Crippen molar-refractivity contribution < 1.29 is 17.6 Å². The fraction of sp³-hybridized carbons (Fsp3) is 0.600. The summed E-state index contributed by atoms with van der Waals surface area (Å²) in [5.41, 5.74) is 0.972. The van der Waals surface area contributed by atoms with Crippen LogP contribution in [0.5, 0.6) is 0 Å². The molecule has 0 saturated heterocycles. The van der Waals surface area contributed by atoms with Gasteiger partial charge in [0.05, 0.1) is 12.1 Å². The first-order valence-electron chi connectivity index (χ1n) is 7.05. The van der Waals surface area contributed by atoms with Crippen LogP contribution >= 0.6 is 0 Å². The molecule has 1 unspecified atom stereocenters. The summed E-state index contributed by atoms with van der Waals surface area (Å²) in [6.45, 7) is 4.54. The zero-order valence-electron chi connectivity index (χ0n) is 12.6. The Balaban J connectivity index is 2.73. The van der Waals surface area contributed by atoms with Gasteiger partial charge in [0.2, 0.25) is 0 Å². The van der Waals surface area contributed by atoms with E-state index >= 15 is 0 Å². The van der Waals surface area contributed by atoms with Gasteiger partial charge in [0.25, 0.3) is 0 Å². The van der Waals surface area contributed by atoms with Crippen LogP contribution < -0.4 is 10.2 Å². The maximum absolute atomic E-state index is 14.1. The lowest BCUT2D eigenvalue weighted by molar-refractivity contribution is -0.132. The van der Waals surface area contributed by atoms with Crippen molar-refractivity contribution in [3.8, 4) is 0 Å². The standard InChI is InChI=1S/C15H22F4N2/c1-4-8-20-11(2)12-5-6-14(13(16)10-12)21(3)9-7-15(17,18)19/h5-6,10-11,20H,4,7-9H2,1-3H3. The van der Waals surface area contributed by atoms with Crippen molar-refractivity contribution in [1.29, 1.82) is 0 Å². The molecule has 2 nitrogen and oxygen atoms in total. The molecule has 21 heavy (non-hydrogen) atoms. The average Bonchev–Trinajstić information content (AvgIpc) is 2.41. The Morgan fingerprint density at radius 1 is 1.29 bits per heavy atom. The SMILES string of the molecule is CCCNC(C)c1ccc(N(C)CCC(F)(F)F)c(F)c1. The third-order valence-electron chi connectivity index (χ3n) is 3.31. The van der Waals surface area contributed by atoms with Crippen molar-refractivity contribution in [2.75, 3.05) is 25.0 Å². The van der Waals surface area contributed by atoms with Gasteiger partial charge < -0.3 is 10.2 Å². The molecular formula is C15H22F4N2. The molecule has 0 aromatic heterocycles. The van der Waals surface area contributed by atoms with Crippen LogP contribution in [0.2, 0.25) is 0 Å². The Labute approximate surface area is 123 Å². The van der Waals surface area contributed by atoms with Crippen molar-refractivity contribution in [2.24, 2.45) is 0 Å². The van der Waals surface area contributed by atoms with Gasteiger partial charge in [-0.2, -0.15) is 13.2 Å². The number of rotatable bonds is 7. The maximum atomic E-state index is 14.1. The minimum Gasteiger partial charge on any atom is -0.372 e. The molecule has 1 rings (SSSR count). The predicted octanol–water partition coefficient (Wildman–Crippen LogP) is 4.27. The minimum absolute atomic E-state index is 0.00832. The maximum Gasteiger partial charge on any atom is 0.390 e. The molecule has 0 fully saturated rings. The van der Waals surface area contributed by atoms with Gasteiger partial charge in [0, 0.05) is 19.6 Å².